The Labute approximate surface area is 232 Å². The number of methoxy groups -OCH3 is 1. The van der Waals surface area contributed by atoms with Crippen molar-refractivity contribution in [2.75, 3.05) is 20.2 Å². The van der Waals surface area contributed by atoms with Crippen LogP contribution in [0.4, 0.5) is 0 Å². The molecule has 0 aliphatic carbocycles. The third-order valence-corrected chi connectivity index (χ3v) is 9.16. The molecular weight excluding hydrogens is 536 g/mol. The first-order valence-electron chi connectivity index (χ1n) is 13.2. The second kappa shape index (κ2) is 11.0. The van der Waals surface area contributed by atoms with Crippen molar-refractivity contribution in [1.82, 2.24) is 19.5 Å². The fraction of sp³-hybridized carbons (Fsp3) is 0.429. The molecule has 0 spiro atoms. The highest BCUT2D eigenvalue weighted by atomic mass is 32.2. The molecule has 1 aromatic carbocycles. The van der Waals surface area contributed by atoms with Crippen LogP contribution < -0.4 is 10.1 Å². The van der Waals surface area contributed by atoms with E-state index in [4.69, 9.17) is 9.15 Å². The van der Waals surface area contributed by atoms with E-state index in [1.807, 2.05) is 13.8 Å². The number of carbonyl (C=O) groups excluding carboxylic acids is 3. The summed E-state index contributed by atoms with van der Waals surface area (Å²) in [5.74, 6) is -1.01. The van der Waals surface area contributed by atoms with Crippen molar-refractivity contribution >= 4 is 38.6 Å². The summed E-state index contributed by atoms with van der Waals surface area (Å²) in [6, 6.07) is 7.75. The van der Waals surface area contributed by atoms with Gasteiger partial charge in [-0.25, -0.2) is 8.42 Å². The smallest absolute Gasteiger partial charge is 0.287 e. The molecule has 12 heteroatoms. The van der Waals surface area contributed by atoms with Crippen LogP contribution in [0.15, 0.2) is 53.2 Å². The van der Waals surface area contributed by atoms with Gasteiger partial charge in [-0.05, 0) is 42.5 Å². The number of ketones is 1. The molecule has 2 saturated heterocycles. The van der Waals surface area contributed by atoms with Gasteiger partial charge in [-0.3, -0.25) is 19.4 Å². The highest BCUT2D eigenvalue weighted by Gasteiger charge is 2.54. The SMILES string of the molecule is COc1cccc2cc(C(=O)NC(CC(C)C)C(=O)N3CCC4C3C(=O)CN4S(=O)(=O)Cc3cccnc3)oc12. The normalized spacial score (nSPS) is 20.2. The number of benzene rings is 1. The number of hydrogen-bond acceptors (Lipinski definition) is 8. The number of ether oxygens (including phenoxy) is 1. The van der Waals surface area contributed by atoms with Gasteiger partial charge in [-0.15, -0.1) is 0 Å². The molecule has 4 heterocycles. The van der Waals surface area contributed by atoms with Crippen LogP contribution in [0.25, 0.3) is 11.0 Å². The number of hydrogen-bond donors (Lipinski definition) is 1. The van der Waals surface area contributed by atoms with E-state index in [9.17, 15) is 22.8 Å². The number of Topliss-reactive ketones (excluding diaryl/α,β-unsaturated/α-hetero) is 1. The lowest BCUT2D eigenvalue weighted by Crippen LogP contribution is -2.53. The van der Waals surface area contributed by atoms with Gasteiger partial charge in [-0.2, -0.15) is 4.31 Å². The monoisotopic (exact) mass is 568 g/mol. The van der Waals surface area contributed by atoms with E-state index >= 15 is 0 Å². The van der Waals surface area contributed by atoms with Crippen molar-refractivity contribution in [3.8, 4) is 5.75 Å². The molecule has 0 bridgehead atoms. The quantitative estimate of drug-likeness (QED) is 0.415. The summed E-state index contributed by atoms with van der Waals surface area (Å²) in [6.45, 7) is 3.78. The Hall–Kier alpha value is -3.77. The minimum absolute atomic E-state index is 0.0324. The minimum atomic E-state index is -3.82. The third-order valence-electron chi connectivity index (χ3n) is 7.35. The van der Waals surface area contributed by atoms with Crippen LogP contribution in [0, 0.1) is 5.92 Å². The number of furan rings is 1. The average Bonchev–Trinajstić information content (AvgIpc) is 3.63. The Morgan fingerprint density at radius 2 is 2.02 bits per heavy atom. The Kier molecular flexibility index (Phi) is 7.65. The van der Waals surface area contributed by atoms with Crippen LogP contribution in [0.1, 0.15) is 42.8 Å². The summed E-state index contributed by atoms with van der Waals surface area (Å²) in [5.41, 5.74) is 0.945. The number of pyridine rings is 1. The van der Waals surface area contributed by atoms with E-state index in [1.54, 1.807) is 42.6 Å². The van der Waals surface area contributed by atoms with Gasteiger partial charge in [0.15, 0.2) is 22.9 Å². The highest BCUT2D eigenvalue weighted by Crippen LogP contribution is 2.34. The molecule has 40 heavy (non-hydrogen) atoms. The molecule has 2 aromatic heterocycles. The number of carbonyl (C=O) groups is 3. The van der Waals surface area contributed by atoms with Crippen LogP contribution in [-0.4, -0.2) is 78.5 Å². The van der Waals surface area contributed by atoms with Gasteiger partial charge in [0.05, 0.1) is 25.4 Å². The fourth-order valence-corrected chi connectivity index (χ4v) is 7.31. The molecule has 3 atom stereocenters. The second-order valence-electron chi connectivity index (χ2n) is 10.6. The van der Waals surface area contributed by atoms with Crippen LogP contribution in [0.2, 0.25) is 0 Å². The van der Waals surface area contributed by atoms with Gasteiger partial charge >= 0.3 is 0 Å². The van der Waals surface area contributed by atoms with Gasteiger partial charge in [0.25, 0.3) is 5.91 Å². The summed E-state index contributed by atoms with van der Waals surface area (Å²) in [5, 5.41) is 3.48. The molecule has 0 saturated carbocycles. The van der Waals surface area contributed by atoms with E-state index in [-0.39, 0.29) is 36.3 Å². The minimum Gasteiger partial charge on any atom is -0.493 e. The Balaban J connectivity index is 1.34. The van der Waals surface area contributed by atoms with E-state index in [1.165, 1.54) is 22.5 Å². The lowest BCUT2D eigenvalue weighted by Gasteiger charge is -2.29. The van der Waals surface area contributed by atoms with Crippen LogP contribution >= 0.6 is 0 Å². The molecule has 3 unspecified atom stereocenters. The van der Waals surface area contributed by atoms with Crippen molar-refractivity contribution in [2.24, 2.45) is 5.92 Å². The first-order chi connectivity index (χ1) is 19.1. The molecular formula is C28H32N4O7S. The molecule has 11 nitrogen and oxygen atoms in total. The molecule has 2 aliphatic heterocycles. The standard InChI is InChI=1S/C28H32N4O7S/c1-17(2)12-20(30-27(34)24-13-19-7-4-8-23(38-3)26(19)39-24)28(35)31-11-9-21-25(31)22(33)15-32(21)40(36,37)16-18-6-5-10-29-14-18/h4-8,10,13-14,17,20-21,25H,9,11-12,15-16H2,1-3H3,(H,30,34). The molecule has 1 N–H and O–H groups in total. The zero-order valence-corrected chi connectivity index (χ0v) is 23.4. The van der Waals surface area contributed by atoms with Crippen molar-refractivity contribution < 1.29 is 32.0 Å². The third kappa shape index (κ3) is 5.33. The average molecular weight is 569 g/mol. The first-order valence-corrected chi connectivity index (χ1v) is 14.8. The van der Waals surface area contributed by atoms with Crippen LogP contribution in [0.3, 0.4) is 0 Å². The summed E-state index contributed by atoms with van der Waals surface area (Å²) >= 11 is 0. The topological polar surface area (TPSA) is 139 Å². The number of para-hydroxylation sites is 1. The lowest BCUT2D eigenvalue weighted by molar-refractivity contribution is -0.138. The van der Waals surface area contributed by atoms with E-state index in [0.29, 0.717) is 35.1 Å². The molecule has 2 fully saturated rings. The fourth-order valence-electron chi connectivity index (χ4n) is 5.59. The largest absolute Gasteiger partial charge is 0.493 e. The van der Waals surface area contributed by atoms with Crippen molar-refractivity contribution in [3.63, 3.8) is 0 Å². The van der Waals surface area contributed by atoms with Gasteiger partial charge in [-0.1, -0.05) is 32.0 Å². The van der Waals surface area contributed by atoms with E-state index in [2.05, 4.69) is 10.3 Å². The van der Waals surface area contributed by atoms with Gasteiger partial charge in [0.1, 0.15) is 12.1 Å². The lowest BCUT2D eigenvalue weighted by atomic mass is 10.0. The highest BCUT2D eigenvalue weighted by molar-refractivity contribution is 7.88. The first kappa shape index (κ1) is 27.8. The summed E-state index contributed by atoms with van der Waals surface area (Å²) < 4.78 is 38.8. The maximum atomic E-state index is 13.8. The maximum Gasteiger partial charge on any atom is 0.287 e. The number of nitrogens with one attached hydrogen (secondary N) is 1. The number of amides is 2. The number of rotatable bonds is 9. The van der Waals surface area contributed by atoms with Crippen molar-refractivity contribution in [1.29, 1.82) is 0 Å². The summed E-state index contributed by atoms with van der Waals surface area (Å²) in [6.07, 6.45) is 3.71. The van der Waals surface area contributed by atoms with E-state index in [0.717, 1.165) is 0 Å². The van der Waals surface area contributed by atoms with E-state index < -0.39 is 40.0 Å². The maximum absolute atomic E-state index is 13.8. The zero-order chi connectivity index (χ0) is 28.6. The summed E-state index contributed by atoms with van der Waals surface area (Å²) in [4.78, 5) is 45.5. The molecule has 2 aliphatic rings. The van der Waals surface area contributed by atoms with Gasteiger partial charge in [0.2, 0.25) is 15.9 Å². The molecule has 3 aromatic rings. The zero-order valence-electron chi connectivity index (χ0n) is 22.6. The predicted molar refractivity (Wildman–Crippen MR) is 146 cm³/mol. The Morgan fingerprint density at radius 1 is 1.23 bits per heavy atom. The van der Waals surface area contributed by atoms with Crippen LogP contribution in [0.5, 0.6) is 5.75 Å². The van der Waals surface area contributed by atoms with Crippen molar-refractivity contribution in [2.45, 2.75) is 50.6 Å². The van der Waals surface area contributed by atoms with Gasteiger partial charge in [0, 0.05) is 24.3 Å². The number of nitrogens with zero attached hydrogens (tertiary/aromatic N) is 3. The molecule has 212 valence electrons. The number of likely N-dealkylation sites (tertiary alicyclic amines) is 1. The predicted octanol–water partition coefficient (Wildman–Crippen LogP) is 2.37. The molecule has 5 rings (SSSR count). The Bertz CT molecular complexity index is 1540. The molecule has 2 amide bonds. The Morgan fingerprint density at radius 3 is 2.73 bits per heavy atom. The second-order valence-corrected chi connectivity index (χ2v) is 12.5. The van der Waals surface area contributed by atoms with Gasteiger partial charge < -0.3 is 19.4 Å². The number of aromatic nitrogens is 1. The van der Waals surface area contributed by atoms with Crippen molar-refractivity contribution in [3.05, 3.63) is 60.1 Å². The molecule has 0 radical (unpaired) electrons. The van der Waals surface area contributed by atoms with Crippen LogP contribution in [-0.2, 0) is 25.4 Å². The summed E-state index contributed by atoms with van der Waals surface area (Å²) in [7, 11) is -2.31. The number of fused-ring (bicyclic) bond motifs is 2. The number of sulfonamides is 1.